The van der Waals surface area contributed by atoms with Gasteiger partial charge in [-0.3, -0.25) is 4.79 Å². The summed E-state index contributed by atoms with van der Waals surface area (Å²) >= 11 is 0. The molecule has 1 unspecified atom stereocenters. The third-order valence-electron chi connectivity index (χ3n) is 2.38. The van der Waals surface area contributed by atoms with Crippen molar-refractivity contribution < 1.29 is 4.79 Å². The minimum Gasteiger partial charge on any atom is -0.351 e. The van der Waals surface area contributed by atoms with E-state index >= 15 is 0 Å². The average Bonchev–Trinajstić information content (AvgIpc) is 2.53. The van der Waals surface area contributed by atoms with E-state index in [-0.39, 0.29) is 17.4 Å². The first kappa shape index (κ1) is 11.8. The maximum Gasteiger partial charge on any atom is 0.217 e. The molecule has 0 aromatic carbocycles. The van der Waals surface area contributed by atoms with Crippen molar-refractivity contribution in [2.45, 2.75) is 40.3 Å². The second kappa shape index (κ2) is 4.47. The molecule has 1 rings (SSSR count). The Morgan fingerprint density at radius 3 is 2.60 bits per heavy atom. The number of amides is 1. The van der Waals surface area contributed by atoms with E-state index in [4.69, 9.17) is 0 Å². The number of aromatic nitrogens is 2. The van der Waals surface area contributed by atoms with Crippen molar-refractivity contribution in [3.8, 4) is 0 Å². The zero-order valence-electron chi connectivity index (χ0n) is 9.82. The SMILES string of the molecule is CC(=O)NC(Cn1ccnc1)C(C)(C)C. The number of hydrogen-bond acceptors (Lipinski definition) is 2. The summed E-state index contributed by atoms with van der Waals surface area (Å²) in [6.45, 7) is 8.65. The molecule has 0 aliphatic rings. The molecule has 0 radical (unpaired) electrons. The summed E-state index contributed by atoms with van der Waals surface area (Å²) in [6, 6.07) is 0.115. The zero-order valence-corrected chi connectivity index (χ0v) is 9.82. The van der Waals surface area contributed by atoms with Crippen LogP contribution in [0.15, 0.2) is 18.7 Å². The van der Waals surface area contributed by atoms with Crippen LogP contribution in [-0.2, 0) is 11.3 Å². The maximum absolute atomic E-state index is 11.1. The molecule has 84 valence electrons. The summed E-state index contributed by atoms with van der Waals surface area (Å²) in [7, 11) is 0. The predicted molar refractivity (Wildman–Crippen MR) is 59.3 cm³/mol. The standard InChI is InChI=1S/C11H19N3O/c1-9(15)13-10(11(2,3)4)7-14-6-5-12-8-14/h5-6,8,10H,7H2,1-4H3,(H,13,15). The van der Waals surface area contributed by atoms with E-state index in [2.05, 4.69) is 31.1 Å². The van der Waals surface area contributed by atoms with Crippen LogP contribution in [0.2, 0.25) is 0 Å². The Kier molecular flexibility index (Phi) is 3.50. The van der Waals surface area contributed by atoms with Crippen LogP contribution in [0.3, 0.4) is 0 Å². The molecule has 0 fully saturated rings. The van der Waals surface area contributed by atoms with Crippen molar-refractivity contribution in [1.29, 1.82) is 0 Å². The lowest BCUT2D eigenvalue weighted by Gasteiger charge is -2.31. The van der Waals surface area contributed by atoms with Gasteiger partial charge in [-0.2, -0.15) is 0 Å². The van der Waals surface area contributed by atoms with Crippen LogP contribution in [-0.4, -0.2) is 21.5 Å². The van der Waals surface area contributed by atoms with E-state index in [1.807, 2.05) is 10.8 Å². The lowest BCUT2D eigenvalue weighted by Crippen LogP contribution is -2.45. The largest absolute Gasteiger partial charge is 0.351 e. The number of hydrogen-bond donors (Lipinski definition) is 1. The fourth-order valence-electron chi connectivity index (χ4n) is 1.39. The van der Waals surface area contributed by atoms with E-state index in [1.54, 1.807) is 19.4 Å². The van der Waals surface area contributed by atoms with Gasteiger partial charge in [0.05, 0.1) is 12.4 Å². The number of imidazole rings is 1. The number of rotatable bonds is 3. The van der Waals surface area contributed by atoms with Gasteiger partial charge in [-0.1, -0.05) is 20.8 Å². The fourth-order valence-corrected chi connectivity index (χ4v) is 1.39. The number of carbonyl (C=O) groups is 1. The second-order valence-corrected chi connectivity index (χ2v) is 4.88. The second-order valence-electron chi connectivity index (χ2n) is 4.88. The van der Waals surface area contributed by atoms with E-state index in [9.17, 15) is 4.79 Å². The third kappa shape index (κ3) is 3.73. The first-order chi connectivity index (χ1) is 6.89. The first-order valence-corrected chi connectivity index (χ1v) is 5.12. The molecule has 15 heavy (non-hydrogen) atoms. The van der Waals surface area contributed by atoms with Crippen LogP contribution < -0.4 is 5.32 Å². The van der Waals surface area contributed by atoms with Gasteiger partial charge in [-0.05, 0) is 5.41 Å². The maximum atomic E-state index is 11.1. The molecule has 0 bridgehead atoms. The Morgan fingerprint density at radius 1 is 1.53 bits per heavy atom. The molecular formula is C11H19N3O. The molecule has 1 aromatic rings. The first-order valence-electron chi connectivity index (χ1n) is 5.12. The molecule has 4 nitrogen and oxygen atoms in total. The van der Waals surface area contributed by atoms with Gasteiger partial charge in [0.15, 0.2) is 0 Å². The van der Waals surface area contributed by atoms with Crippen molar-refractivity contribution in [3.05, 3.63) is 18.7 Å². The Morgan fingerprint density at radius 2 is 2.20 bits per heavy atom. The van der Waals surface area contributed by atoms with Crippen LogP contribution in [0.25, 0.3) is 0 Å². The highest BCUT2D eigenvalue weighted by atomic mass is 16.1. The van der Waals surface area contributed by atoms with Crippen LogP contribution in [0, 0.1) is 5.41 Å². The van der Waals surface area contributed by atoms with E-state index in [0.717, 1.165) is 6.54 Å². The van der Waals surface area contributed by atoms with Crippen molar-refractivity contribution in [1.82, 2.24) is 14.9 Å². The van der Waals surface area contributed by atoms with Gasteiger partial charge < -0.3 is 9.88 Å². The highest BCUT2D eigenvalue weighted by Crippen LogP contribution is 2.20. The number of nitrogens with zero attached hydrogens (tertiary/aromatic N) is 2. The average molecular weight is 209 g/mol. The molecule has 0 saturated heterocycles. The molecule has 4 heteroatoms. The van der Waals surface area contributed by atoms with Crippen molar-refractivity contribution in [2.24, 2.45) is 5.41 Å². The van der Waals surface area contributed by atoms with Crippen molar-refractivity contribution >= 4 is 5.91 Å². The topological polar surface area (TPSA) is 46.9 Å². The summed E-state index contributed by atoms with van der Waals surface area (Å²) in [6.07, 6.45) is 5.41. The van der Waals surface area contributed by atoms with Crippen LogP contribution >= 0.6 is 0 Å². The Bertz CT molecular complexity index is 311. The van der Waals surface area contributed by atoms with Crippen LogP contribution in [0.1, 0.15) is 27.7 Å². The summed E-state index contributed by atoms with van der Waals surface area (Å²) < 4.78 is 1.98. The normalized spacial score (nSPS) is 13.6. The highest BCUT2D eigenvalue weighted by Gasteiger charge is 2.25. The minimum atomic E-state index is 0.00930. The summed E-state index contributed by atoms with van der Waals surface area (Å²) in [4.78, 5) is 15.1. The van der Waals surface area contributed by atoms with Gasteiger partial charge in [0, 0.05) is 25.9 Å². The highest BCUT2D eigenvalue weighted by molar-refractivity contribution is 5.73. The Labute approximate surface area is 90.7 Å². The van der Waals surface area contributed by atoms with Gasteiger partial charge in [-0.15, -0.1) is 0 Å². The smallest absolute Gasteiger partial charge is 0.217 e. The number of nitrogens with one attached hydrogen (secondary N) is 1. The van der Waals surface area contributed by atoms with E-state index in [0.29, 0.717) is 0 Å². The van der Waals surface area contributed by atoms with Crippen LogP contribution in [0.4, 0.5) is 0 Å². The van der Waals surface area contributed by atoms with Gasteiger partial charge in [0.25, 0.3) is 0 Å². The molecule has 0 aliphatic heterocycles. The van der Waals surface area contributed by atoms with Crippen LogP contribution in [0.5, 0.6) is 0 Å². The quantitative estimate of drug-likeness (QED) is 0.818. The molecule has 1 amide bonds. The molecular weight excluding hydrogens is 190 g/mol. The zero-order chi connectivity index (χ0) is 11.5. The van der Waals surface area contributed by atoms with E-state index < -0.39 is 0 Å². The van der Waals surface area contributed by atoms with Gasteiger partial charge in [0.1, 0.15) is 0 Å². The Balaban J connectivity index is 2.69. The third-order valence-corrected chi connectivity index (χ3v) is 2.38. The molecule has 1 heterocycles. The number of carbonyl (C=O) groups excluding carboxylic acids is 1. The molecule has 1 aromatic heterocycles. The van der Waals surface area contributed by atoms with Gasteiger partial charge >= 0.3 is 0 Å². The monoisotopic (exact) mass is 209 g/mol. The van der Waals surface area contributed by atoms with Crippen molar-refractivity contribution in [2.75, 3.05) is 0 Å². The van der Waals surface area contributed by atoms with Gasteiger partial charge in [0.2, 0.25) is 5.91 Å². The fraction of sp³-hybridized carbons (Fsp3) is 0.636. The predicted octanol–water partition coefficient (Wildman–Crippen LogP) is 1.43. The Hall–Kier alpha value is -1.32. The summed E-state index contributed by atoms with van der Waals surface area (Å²) in [5.41, 5.74) is 0.0376. The molecule has 1 atom stereocenters. The summed E-state index contributed by atoms with van der Waals surface area (Å²) in [5.74, 6) is 0.00930. The van der Waals surface area contributed by atoms with E-state index in [1.165, 1.54) is 0 Å². The molecule has 0 saturated carbocycles. The molecule has 0 aliphatic carbocycles. The molecule has 1 N–H and O–H groups in total. The van der Waals surface area contributed by atoms with Crippen molar-refractivity contribution in [3.63, 3.8) is 0 Å². The van der Waals surface area contributed by atoms with Gasteiger partial charge in [-0.25, -0.2) is 4.98 Å². The summed E-state index contributed by atoms with van der Waals surface area (Å²) in [5, 5.41) is 2.97. The molecule has 0 spiro atoms. The lowest BCUT2D eigenvalue weighted by atomic mass is 9.86. The minimum absolute atomic E-state index is 0.00930. The lowest BCUT2D eigenvalue weighted by molar-refractivity contribution is -0.120.